The van der Waals surface area contributed by atoms with Crippen LogP contribution >= 0.6 is 34.5 Å². The molecule has 0 saturated carbocycles. The lowest BCUT2D eigenvalue weighted by atomic mass is 9.96. The third-order valence-electron chi connectivity index (χ3n) is 6.47. The lowest BCUT2D eigenvalue weighted by Crippen LogP contribution is -2.39. The van der Waals surface area contributed by atoms with Crippen LogP contribution in [0.1, 0.15) is 36.6 Å². The fraction of sp³-hybridized carbons (Fsp3) is 0.167. The number of aryl methyl sites for hydroxylation is 1. The number of esters is 1. The molecule has 4 aromatic rings. The van der Waals surface area contributed by atoms with Crippen LogP contribution in [0.15, 0.2) is 92.7 Å². The Kier molecular flexibility index (Phi) is 8.43. The fourth-order valence-electron chi connectivity index (χ4n) is 4.47. The van der Waals surface area contributed by atoms with Gasteiger partial charge in [-0.25, -0.2) is 9.79 Å². The van der Waals surface area contributed by atoms with Crippen LogP contribution in [0.3, 0.4) is 0 Å². The van der Waals surface area contributed by atoms with E-state index in [1.54, 1.807) is 50.2 Å². The molecule has 2 heterocycles. The number of carbonyl (C=O) groups is 1. The summed E-state index contributed by atoms with van der Waals surface area (Å²) in [4.78, 5) is 31.9. The van der Waals surface area contributed by atoms with Crippen LogP contribution < -0.4 is 19.1 Å². The first kappa shape index (κ1) is 29.8. The van der Waals surface area contributed by atoms with Crippen LogP contribution in [0.2, 0.25) is 10.0 Å². The number of hydrogen-bond donors (Lipinski definition) is 0. The van der Waals surface area contributed by atoms with Crippen molar-refractivity contribution in [3.05, 3.63) is 124 Å². The molecule has 0 radical (unpaired) electrons. The van der Waals surface area contributed by atoms with Crippen LogP contribution in [-0.2, 0) is 19.6 Å². The predicted octanol–water partition coefficient (Wildman–Crippen LogP) is 5.18. The summed E-state index contributed by atoms with van der Waals surface area (Å²) in [6.07, 6.45) is 1.50. The van der Waals surface area contributed by atoms with Crippen LogP contribution in [0.25, 0.3) is 6.08 Å². The molecular formula is C30H24Cl2N2O6S2. The molecule has 0 saturated heterocycles. The molecular weight excluding hydrogens is 619 g/mol. The second-order valence-electron chi connectivity index (χ2n) is 9.39. The quantitative estimate of drug-likeness (QED) is 0.203. The molecule has 1 aliphatic rings. The Morgan fingerprint density at radius 3 is 2.36 bits per heavy atom. The highest BCUT2D eigenvalue weighted by molar-refractivity contribution is 7.87. The van der Waals surface area contributed by atoms with E-state index in [4.69, 9.17) is 32.1 Å². The first-order chi connectivity index (χ1) is 20.0. The van der Waals surface area contributed by atoms with Gasteiger partial charge < -0.3 is 8.92 Å². The highest BCUT2D eigenvalue weighted by Crippen LogP contribution is 2.32. The minimum Gasteiger partial charge on any atom is -0.463 e. The summed E-state index contributed by atoms with van der Waals surface area (Å²) in [6, 6.07) is 16.7. The maximum atomic E-state index is 13.9. The summed E-state index contributed by atoms with van der Waals surface area (Å²) in [6.45, 7) is 5.38. The summed E-state index contributed by atoms with van der Waals surface area (Å²) in [5, 5.41) is 0.812. The highest BCUT2D eigenvalue weighted by Gasteiger charge is 2.33. The van der Waals surface area contributed by atoms with Crippen molar-refractivity contribution in [2.24, 2.45) is 4.99 Å². The van der Waals surface area contributed by atoms with Gasteiger partial charge >= 0.3 is 16.1 Å². The predicted molar refractivity (Wildman–Crippen MR) is 162 cm³/mol. The summed E-state index contributed by atoms with van der Waals surface area (Å²) in [5.74, 6) is -0.594. The molecule has 1 aromatic heterocycles. The Labute approximate surface area is 255 Å². The number of benzene rings is 3. The molecule has 0 fully saturated rings. The number of carbonyl (C=O) groups excluding carboxylic acids is 1. The van der Waals surface area contributed by atoms with Gasteiger partial charge in [-0.15, -0.1) is 0 Å². The normalized spacial score (nSPS) is 15.3. The minimum absolute atomic E-state index is 0.0107. The van der Waals surface area contributed by atoms with Crippen molar-refractivity contribution in [1.82, 2.24) is 4.57 Å². The topological polar surface area (TPSA) is 104 Å². The van der Waals surface area contributed by atoms with Crippen molar-refractivity contribution >= 4 is 56.7 Å². The van der Waals surface area contributed by atoms with E-state index in [1.165, 1.54) is 41.0 Å². The number of thiazole rings is 1. The van der Waals surface area contributed by atoms with Crippen molar-refractivity contribution in [3.63, 3.8) is 0 Å². The van der Waals surface area contributed by atoms with Crippen LogP contribution in [0.4, 0.5) is 0 Å². The van der Waals surface area contributed by atoms with E-state index in [1.807, 2.05) is 6.92 Å². The van der Waals surface area contributed by atoms with E-state index in [9.17, 15) is 18.0 Å². The van der Waals surface area contributed by atoms with Gasteiger partial charge in [0.25, 0.3) is 5.56 Å². The van der Waals surface area contributed by atoms with Crippen LogP contribution in [-0.4, -0.2) is 25.6 Å². The average molecular weight is 644 g/mol. The molecule has 216 valence electrons. The monoisotopic (exact) mass is 642 g/mol. The summed E-state index contributed by atoms with van der Waals surface area (Å²) >= 11 is 13.5. The zero-order chi connectivity index (χ0) is 30.2. The van der Waals surface area contributed by atoms with Crippen molar-refractivity contribution < 1.29 is 22.1 Å². The van der Waals surface area contributed by atoms with Gasteiger partial charge in [0.05, 0.1) is 28.5 Å². The van der Waals surface area contributed by atoms with E-state index in [2.05, 4.69) is 4.99 Å². The van der Waals surface area contributed by atoms with E-state index in [-0.39, 0.29) is 32.9 Å². The summed E-state index contributed by atoms with van der Waals surface area (Å²) in [7, 11) is -4.18. The molecule has 5 rings (SSSR count). The van der Waals surface area contributed by atoms with Crippen molar-refractivity contribution in [2.75, 3.05) is 6.61 Å². The maximum absolute atomic E-state index is 13.9. The number of ether oxygens (including phenoxy) is 1. The van der Waals surface area contributed by atoms with Gasteiger partial charge in [-0.05, 0) is 74.9 Å². The van der Waals surface area contributed by atoms with E-state index in [0.29, 0.717) is 26.1 Å². The standard InChI is InChI=1S/C30H24Cl2N2O6S2/c1-4-39-29(36)26-18(3)33-30-34(27(26)19-7-9-21(31)10-8-19)28(35)25(41-30)16-20-15-22(32)11-14-24(20)40-42(37,38)23-12-5-17(2)6-13-23/h5-16,27H,4H2,1-3H3/t27-/m1/s1. The smallest absolute Gasteiger partial charge is 0.339 e. The average Bonchev–Trinajstić information content (AvgIpc) is 3.24. The molecule has 12 heteroatoms. The minimum atomic E-state index is -4.18. The molecule has 1 aliphatic heterocycles. The van der Waals surface area contributed by atoms with E-state index >= 15 is 0 Å². The second kappa shape index (κ2) is 11.9. The fourth-order valence-corrected chi connectivity index (χ4v) is 6.77. The van der Waals surface area contributed by atoms with Gasteiger partial charge in [-0.3, -0.25) is 9.36 Å². The number of fused-ring (bicyclic) bond motifs is 1. The summed E-state index contributed by atoms with van der Waals surface area (Å²) < 4.78 is 38.5. The van der Waals surface area contributed by atoms with E-state index < -0.39 is 27.7 Å². The molecule has 42 heavy (non-hydrogen) atoms. The molecule has 3 aromatic carbocycles. The third-order valence-corrected chi connectivity index (χ3v) is 9.19. The van der Waals surface area contributed by atoms with Gasteiger partial charge in [0.2, 0.25) is 0 Å². The lowest BCUT2D eigenvalue weighted by molar-refractivity contribution is -0.139. The van der Waals surface area contributed by atoms with Crippen LogP contribution in [0, 0.1) is 6.92 Å². The van der Waals surface area contributed by atoms with Gasteiger partial charge in [0.1, 0.15) is 10.6 Å². The number of halogens is 2. The number of aromatic nitrogens is 1. The molecule has 1 atom stereocenters. The Morgan fingerprint density at radius 1 is 1.02 bits per heavy atom. The van der Waals surface area contributed by atoms with Crippen molar-refractivity contribution in [2.45, 2.75) is 31.7 Å². The Bertz CT molecular complexity index is 2010. The molecule has 0 unspecified atom stereocenters. The number of rotatable bonds is 7. The third kappa shape index (κ3) is 5.94. The van der Waals surface area contributed by atoms with Crippen molar-refractivity contribution in [1.29, 1.82) is 0 Å². The lowest BCUT2D eigenvalue weighted by Gasteiger charge is -2.24. The molecule has 0 aliphatic carbocycles. The van der Waals surface area contributed by atoms with E-state index in [0.717, 1.165) is 16.9 Å². The van der Waals surface area contributed by atoms with Crippen LogP contribution in [0.5, 0.6) is 5.75 Å². The van der Waals surface area contributed by atoms with Gasteiger partial charge in [-0.2, -0.15) is 8.42 Å². The first-order valence-electron chi connectivity index (χ1n) is 12.7. The largest absolute Gasteiger partial charge is 0.463 e. The highest BCUT2D eigenvalue weighted by atomic mass is 35.5. The van der Waals surface area contributed by atoms with Gasteiger partial charge in [0, 0.05) is 15.6 Å². The molecule has 8 nitrogen and oxygen atoms in total. The Hall–Kier alpha value is -3.70. The van der Waals surface area contributed by atoms with Gasteiger partial charge in [0.15, 0.2) is 4.80 Å². The molecule has 0 bridgehead atoms. The van der Waals surface area contributed by atoms with Gasteiger partial charge in [-0.1, -0.05) is 64.4 Å². The second-order valence-corrected chi connectivity index (χ2v) is 12.8. The SMILES string of the molecule is CCOC(=O)C1=C(C)N=c2sc(=Cc3cc(Cl)ccc3OS(=O)(=O)c3ccc(C)cc3)c(=O)n2[C@@H]1c1ccc(Cl)cc1. The molecule has 0 amide bonds. The zero-order valence-corrected chi connectivity index (χ0v) is 25.8. The molecule has 0 spiro atoms. The number of nitrogens with zero attached hydrogens (tertiary/aromatic N) is 2. The summed E-state index contributed by atoms with van der Waals surface area (Å²) in [5.41, 5.74) is 2.01. The zero-order valence-electron chi connectivity index (χ0n) is 22.6. The first-order valence-corrected chi connectivity index (χ1v) is 15.7. The van der Waals surface area contributed by atoms with Crippen molar-refractivity contribution in [3.8, 4) is 5.75 Å². The Balaban J connectivity index is 1.66. The molecule has 0 N–H and O–H groups in total. The number of allylic oxidation sites excluding steroid dienone is 1. The maximum Gasteiger partial charge on any atom is 0.339 e. The Morgan fingerprint density at radius 2 is 1.69 bits per heavy atom. The number of hydrogen-bond acceptors (Lipinski definition) is 8.